The van der Waals surface area contributed by atoms with E-state index in [4.69, 9.17) is 0 Å². The SMILES string of the molecule is Cc1ccc(O)c(CN(CCN(Cc2ccccn2)Cc2cc(C)ccc2O)Cc2ccccn2)c1. The maximum absolute atomic E-state index is 10.5. The topological polar surface area (TPSA) is 72.7 Å². The lowest BCUT2D eigenvalue weighted by molar-refractivity contribution is 0.178. The Morgan fingerprint density at radius 1 is 0.583 bits per heavy atom. The lowest BCUT2D eigenvalue weighted by atomic mass is 10.1. The Morgan fingerprint density at radius 3 is 1.42 bits per heavy atom. The quantitative estimate of drug-likeness (QED) is 0.306. The third kappa shape index (κ3) is 7.38. The van der Waals surface area contributed by atoms with Crippen LogP contribution in [-0.4, -0.2) is 43.1 Å². The van der Waals surface area contributed by atoms with Gasteiger partial charge in [-0.05, 0) is 50.2 Å². The summed E-state index contributed by atoms with van der Waals surface area (Å²) in [5.41, 5.74) is 6.01. The fraction of sp³-hybridized carbons (Fsp3) is 0.267. The van der Waals surface area contributed by atoms with Gasteiger partial charge in [0.05, 0.1) is 11.4 Å². The van der Waals surface area contributed by atoms with Crippen LogP contribution in [0, 0.1) is 13.8 Å². The maximum Gasteiger partial charge on any atom is 0.120 e. The molecule has 0 bridgehead atoms. The van der Waals surface area contributed by atoms with Crippen LogP contribution in [0.15, 0.2) is 85.2 Å². The summed E-state index contributed by atoms with van der Waals surface area (Å²) < 4.78 is 0. The van der Waals surface area contributed by atoms with Gasteiger partial charge in [0, 0.05) is 62.8 Å². The second kappa shape index (κ2) is 12.3. The molecule has 0 radical (unpaired) electrons. The van der Waals surface area contributed by atoms with Crippen molar-refractivity contribution in [1.82, 2.24) is 19.8 Å². The summed E-state index contributed by atoms with van der Waals surface area (Å²) in [6.07, 6.45) is 3.62. The Bertz CT molecular complexity index is 1150. The van der Waals surface area contributed by atoms with E-state index in [0.717, 1.165) is 46.7 Å². The highest BCUT2D eigenvalue weighted by atomic mass is 16.3. The second-order valence-corrected chi connectivity index (χ2v) is 9.33. The van der Waals surface area contributed by atoms with Gasteiger partial charge in [-0.25, -0.2) is 0 Å². The monoisotopic (exact) mass is 482 g/mol. The van der Waals surface area contributed by atoms with Crippen molar-refractivity contribution in [2.45, 2.75) is 40.0 Å². The van der Waals surface area contributed by atoms with Gasteiger partial charge < -0.3 is 10.2 Å². The maximum atomic E-state index is 10.5. The molecule has 2 aromatic carbocycles. The molecular formula is C30H34N4O2. The molecule has 0 aliphatic heterocycles. The van der Waals surface area contributed by atoms with Crippen LogP contribution in [0.5, 0.6) is 11.5 Å². The van der Waals surface area contributed by atoms with Crippen LogP contribution in [0.1, 0.15) is 33.6 Å². The molecule has 0 amide bonds. The molecule has 0 saturated carbocycles. The largest absolute Gasteiger partial charge is 0.508 e. The molecule has 0 atom stereocenters. The molecule has 36 heavy (non-hydrogen) atoms. The van der Waals surface area contributed by atoms with Crippen LogP contribution >= 0.6 is 0 Å². The standard InChI is InChI=1S/C30H34N4O2/c1-23-9-11-29(35)25(17-23)19-33(21-27-7-3-5-13-31-27)15-16-34(22-28-8-4-6-14-32-28)20-26-18-24(2)10-12-30(26)36/h3-14,17-18,35-36H,15-16,19-22H2,1-2H3. The van der Waals surface area contributed by atoms with Crippen LogP contribution in [-0.2, 0) is 26.2 Å². The molecule has 2 heterocycles. The van der Waals surface area contributed by atoms with E-state index in [0.29, 0.717) is 37.7 Å². The van der Waals surface area contributed by atoms with E-state index >= 15 is 0 Å². The second-order valence-electron chi connectivity index (χ2n) is 9.33. The van der Waals surface area contributed by atoms with Crippen molar-refractivity contribution < 1.29 is 10.2 Å². The molecule has 0 aliphatic rings. The zero-order valence-corrected chi connectivity index (χ0v) is 21.0. The zero-order valence-electron chi connectivity index (χ0n) is 21.0. The van der Waals surface area contributed by atoms with Crippen molar-refractivity contribution in [2.75, 3.05) is 13.1 Å². The first-order valence-electron chi connectivity index (χ1n) is 12.3. The highest BCUT2D eigenvalue weighted by Gasteiger charge is 2.16. The van der Waals surface area contributed by atoms with Gasteiger partial charge in [0.1, 0.15) is 11.5 Å². The average Bonchev–Trinajstić information content (AvgIpc) is 2.88. The minimum absolute atomic E-state index is 0.307. The number of pyridine rings is 2. The molecule has 0 spiro atoms. The third-order valence-electron chi connectivity index (χ3n) is 6.21. The van der Waals surface area contributed by atoms with Crippen molar-refractivity contribution >= 4 is 0 Å². The van der Waals surface area contributed by atoms with Gasteiger partial charge in [0.25, 0.3) is 0 Å². The molecule has 186 valence electrons. The molecule has 2 aromatic heterocycles. The van der Waals surface area contributed by atoms with Gasteiger partial charge in [0.15, 0.2) is 0 Å². The van der Waals surface area contributed by atoms with Crippen LogP contribution in [0.3, 0.4) is 0 Å². The normalized spacial score (nSPS) is 11.3. The summed E-state index contributed by atoms with van der Waals surface area (Å²) >= 11 is 0. The Kier molecular flexibility index (Phi) is 8.66. The first-order chi connectivity index (χ1) is 17.5. The van der Waals surface area contributed by atoms with Crippen LogP contribution in [0.2, 0.25) is 0 Å². The van der Waals surface area contributed by atoms with E-state index in [-0.39, 0.29) is 0 Å². The van der Waals surface area contributed by atoms with Gasteiger partial charge in [0.2, 0.25) is 0 Å². The molecule has 0 saturated heterocycles. The average molecular weight is 483 g/mol. The first kappa shape index (κ1) is 25.4. The number of benzene rings is 2. The molecule has 2 N–H and O–H groups in total. The van der Waals surface area contributed by atoms with Crippen molar-refractivity contribution in [3.63, 3.8) is 0 Å². The van der Waals surface area contributed by atoms with Gasteiger partial charge in [-0.3, -0.25) is 19.8 Å². The number of phenolic OH excluding ortho intramolecular Hbond substituents is 2. The highest BCUT2D eigenvalue weighted by molar-refractivity contribution is 5.36. The van der Waals surface area contributed by atoms with Crippen LogP contribution < -0.4 is 0 Å². The molecule has 6 heteroatoms. The molecule has 0 unspecified atom stereocenters. The Labute approximate surface area is 213 Å². The van der Waals surface area contributed by atoms with E-state index < -0.39 is 0 Å². The molecule has 0 aliphatic carbocycles. The van der Waals surface area contributed by atoms with E-state index in [1.807, 2.05) is 86.9 Å². The number of hydrogen-bond acceptors (Lipinski definition) is 6. The zero-order chi connectivity index (χ0) is 25.3. The number of phenols is 2. The summed E-state index contributed by atoms with van der Waals surface area (Å²) in [7, 11) is 0. The fourth-order valence-electron chi connectivity index (χ4n) is 4.32. The summed E-state index contributed by atoms with van der Waals surface area (Å²) in [5, 5.41) is 21.0. The van der Waals surface area contributed by atoms with Gasteiger partial charge in [-0.15, -0.1) is 0 Å². The van der Waals surface area contributed by atoms with Gasteiger partial charge in [-0.1, -0.05) is 47.5 Å². The predicted octanol–water partition coefficient (Wildman–Crippen LogP) is 5.21. The van der Waals surface area contributed by atoms with Gasteiger partial charge >= 0.3 is 0 Å². The van der Waals surface area contributed by atoms with E-state index in [1.165, 1.54) is 0 Å². The number of aromatic nitrogens is 2. The first-order valence-corrected chi connectivity index (χ1v) is 12.3. The highest BCUT2D eigenvalue weighted by Crippen LogP contribution is 2.23. The number of rotatable bonds is 11. The van der Waals surface area contributed by atoms with Crippen molar-refractivity contribution in [3.8, 4) is 11.5 Å². The van der Waals surface area contributed by atoms with Crippen LogP contribution in [0.4, 0.5) is 0 Å². The van der Waals surface area contributed by atoms with E-state index in [9.17, 15) is 10.2 Å². The predicted molar refractivity (Wildman–Crippen MR) is 142 cm³/mol. The summed E-state index contributed by atoms with van der Waals surface area (Å²) in [4.78, 5) is 13.7. The van der Waals surface area contributed by atoms with Gasteiger partial charge in [-0.2, -0.15) is 0 Å². The number of nitrogens with zero attached hydrogens (tertiary/aromatic N) is 4. The fourth-order valence-corrected chi connectivity index (χ4v) is 4.32. The molecule has 4 rings (SSSR count). The lowest BCUT2D eigenvalue weighted by Gasteiger charge is -2.28. The minimum Gasteiger partial charge on any atom is -0.508 e. The van der Waals surface area contributed by atoms with E-state index in [2.05, 4.69) is 19.8 Å². The Morgan fingerprint density at radius 2 is 1.03 bits per heavy atom. The Balaban J connectivity index is 1.54. The summed E-state index contributed by atoms with van der Waals surface area (Å²) in [6, 6.07) is 23.3. The summed E-state index contributed by atoms with van der Waals surface area (Å²) in [6.45, 7) is 8.13. The minimum atomic E-state index is 0.307. The van der Waals surface area contributed by atoms with E-state index in [1.54, 1.807) is 12.1 Å². The molecule has 0 fully saturated rings. The third-order valence-corrected chi connectivity index (χ3v) is 6.21. The van der Waals surface area contributed by atoms with Crippen LogP contribution in [0.25, 0.3) is 0 Å². The molecule has 6 nitrogen and oxygen atoms in total. The molecular weight excluding hydrogens is 448 g/mol. The molecule has 4 aromatic rings. The number of aryl methyl sites for hydroxylation is 2. The summed E-state index contributed by atoms with van der Waals surface area (Å²) in [5.74, 6) is 0.614. The Hall–Kier alpha value is -3.74. The van der Waals surface area contributed by atoms with Crippen molar-refractivity contribution in [3.05, 3.63) is 119 Å². The number of hydrogen-bond donors (Lipinski definition) is 2. The number of aromatic hydroxyl groups is 2. The lowest BCUT2D eigenvalue weighted by Crippen LogP contribution is -2.34. The van der Waals surface area contributed by atoms with Crippen molar-refractivity contribution in [1.29, 1.82) is 0 Å². The van der Waals surface area contributed by atoms with Crippen molar-refractivity contribution in [2.24, 2.45) is 0 Å². The smallest absolute Gasteiger partial charge is 0.120 e.